The van der Waals surface area contributed by atoms with E-state index in [-0.39, 0.29) is 6.61 Å². The van der Waals surface area contributed by atoms with Gasteiger partial charge in [0.05, 0.1) is 0 Å². The first-order valence-electron chi connectivity index (χ1n) is 5.24. The second kappa shape index (κ2) is 10.7. The quantitative estimate of drug-likeness (QED) is 0.578. The van der Waals surface area contributed by atoms with Crippen LogP contribution in [-0.4, -0.2) is 22.7 Å². The summed E-state index contributed by atoms with van der Waals surface area (Å²) < 4.78 is 0. The third-order valence-corrected chi connectivity index (χ3v) is 4.86. The molecule has 0 radical (unpaired) electrons. The molecule has 1 nitrogen and oxygen atoms in total. The van der Waals surface area contributed by atoms with Crippen LogP contribution in [0.2, 0.25) is 0 Å². The van der Waals surface area contributed by atoms with Crippen LogP contribution in [0.15, 0.2) is 0 Å². The summed E-state index contributed by atoms with van der Waals surface area (Å²) >= 11 is 0. The van der Waals surface area contributed by atoms with Crippen LogP contribution in [0.5, 0.6) is 0 Å². The summed E-state index contributed by atoms with van der Waals surface area (Å²) in [5.41, 5.74) is 0. The Balaban J connectivity index is 0.000000424. The molecule has 0 aromatic heterocycles. The van der Waals surface area contributed by atoms with Gasteiger partial charge in [0.15, 0.2) is 0 Å². The molecule has 1 aliphatic heterocycles. The van der Waals surface area contributed by atoms with Crippen molar-refractivity contribution in [2.45, 2.75) is 51.2 Å². The highest BCUT2D eigenvalue weighted by Gasteiger charge is 2.14. The van der Waals surface area contributed by atoms with Crippen LogP contribution in [-0.2, 0) is 0 Å². The monoisotopic (exact) mass is 222 g/mol. The lowest BCUT2D eigenvalue weighted by atomic mass is 10.1. The maximum Gasteiger partial charge on any atom is 0.0402 e. The molecule has 0 aromatic carbocycles. The van der Waals surface area contributed by atoms with E-state index in [0.717, 1.165) is 5.25 Å². The van der Waals surface area contributed by atoms with E-state index < -0.39 is 0 Å². The topological polar surface area (TPSA) is 20.2 Å². The minimum atomic E-state index is 0.250. The molecule has 0 bridgehead atoms. The van der Waals surface area contributed by atoms with Gasteiger partial charge in [-0.1, -0.05) is 47.8 Å². The summed E-state index contributed by atoms with van der Waals surface area (Å²) in [7, 11) is 4.17. The Labute approximate surface area is 90.5 Å². The first kappa shape index (κ1) is 13.7. The lowest BCUT2D eigenvalue weighted by Crippen LogP contribution is -1.96. The van der Waals surface area contributed by atoms with Crippen molar-refractivity contribution >= 4 is 21.6 Å². The molecule has 80 valence electrons. The van der Waals surface area contributed by atoms with Gasteiger partial charge < -0.3 is 5.11 Å². The predicted octanol–water partition coefficient (Wildman–Crippen LogP) is 3.72. The molecule has 3 heteroatoms. The van der Waals surface area contributed by atoms with Crippen molar-refractivity contribution < 1.29 is 5.11 Å². The molecule has 13 heavy (non-hydrogen) atoms. The third kappa shape index (κ3) is 8.98. The summed E-state index contributed by atoms with van der Waals surface area (Å²) in [4.78, 5) is 0. The predicted molar refractivity (Wildman–Crippen MR) is 65.4 cm³/mol. The Morgan fingerprint density at radius 3 is 2.46 bits per heavy atom. The normalized spacial score (nSPS) is 21.0. The molecule has 0 amide bonds. The van der Waals surface area contributed by atoms with Gasteiger partial charge in [-0.15, -0.1) is 0 Å². The Bertz CT molecular complexity index is 92.9. The van der Waals surface area contributed by atoms with Crippen LogP contribution in [0.25, 0.3) is 0 Å². The standard InChI is InChI=1S/C8H16S2.C2H6O/c1-2-3-4-5-8-6-7-9-10-8;1-2-3/h8H,2-7H2,1H3;3H,2H2,1H3. The number of aliphatic hydroxyl groups excluding tert-OH is 1. The molecule has 1 atom stereocenters. The summed E-state index contributed by atoms with van der Waals surface area (Å²) in [5.74, 6) is 1.39. The van der Waals surface area contributed by atoms with Crippen molar-refractivity contribution in [1.82, 2.24) is 0 Å². The number of hydrogen-bond acceptors (Lipinski definition) is 3. The highest BCUT2D eigenvalue weighted by Crippen LogP contribution is 2.39. The maximum atomic E-state index is 7.57. The van der Waals surface area contributed by atoms with Gasteiger partial charge in [0.25, 0.3) is 0 Å². The van der Waals surface area contributed by atoms with E-state index in [2.05, 4.69) is 28.5 Å². The Morgan fingerprint density at radius 2 is 2.00 bits per heavy atom. The Kier molecular flexibility index (Phi) is 11.3. The molecule has 0 saturated carbocycles. The first-order chi connectivity index (χ1) is 6.35. The molecule has 0 aromatic rings. The number of aliphatic hydroxyl groups is 1. The van der Waals surface area contributed by atoms with Gasteiger partial charge in [-0.3, -0.25) is 0 Å². The second-order valence-corrected chi connectivity index (χ2v) is 5.93. The Hall–Kier alpha value is 0.660. The van der Waals surface area contributed by atoms with E-state index in [4.69, 9.17) is 5.11 Å². The molecule has 1 saturated heterocycles. The zero-order valence-corrected chi connectivity index (χ0v) is 10.4. The van der Waals surface area contributed by atoms with E-state index in [1.54, 1.807) is 6.92 Å². The average molecular weight is 222 g/mol. The first-order valence-corrected chi connectivity index (χ1v) is 7.62. The van der Waals surface area contributed by atoms with Gasteiger partial charge in [0, 0.05) is 17.6 Å². The van der Waals surface area contributed by atoms with E-state index >= 15 is 0 Å². The minimum Gasteiger partial charge on any atom is -0.397 e. The molecular formula is C10H22OS2. The Morgan fingerprint density at radius 1 is 1.31 bits per heavy atom. The fraction of sp³-hybridized carbons (Fsp3) is 1.00. The van der Waals surface area contributed by atoms with Crippen LogP contribution in [0.1, 0.15) is 46.0 Å². The summed E-state index contributed by atoms with van der Waals surface area (Å²) in [6, 6.07) is 0. The molecule has 0 spiro atoms. The highest BCUT2D eigenvalue weighted by molar-refractivity contribution is 8.77. The van der Waals surface area contributed by atoms with E-state index in [9.17, 15) is 0 Å². The number of rotatable bonds is 4. The zero-order valence-electron chi connectivity index (χ0n) is 8.79. The van der Waals surface area contributed by atoms with Gasteiger partial charge in [0.1, 0.15) is 0 Å². The summed E-state index contributed by atoms with van der Waals surface area (Å²) in [5, 5.41) is 8.57. The SMILES string of the molecule is CCCCCC1CCSS1.CCO. The van der Waals surface area contributed by atoms with Crippen molar-refractivity contribution in [2.24, 2.45) is 0 Å². The highest BCUT2D eigenvalue weighted by atomic mass is 33.1. The van der Waals surface area contributed by atoms with Crippen molar-refractivity contribution in [1.29, 1.82) is 0 Å². The lowest BCUT2D eigenvalue weighted by molar-refractivity contribution is 0.318. The van der Waals surface area contributed by atoms with Gasteiger partial charge >= 0.3 is 0 Å². The largest absolute Gasteiger partial charge is 0.397 e. The molecule has 1 aliphatic rings. The summed E-state index contributed by atoms with van der Waals surface area (Å²) in [6.07, 6.45) is 7.17. The fourth-order valence-corrected chi connectivity index (χ4v) is 4.21. The number of hydrogen-bond donors (Lipinski definition) is 1. The van der Waals surface area contributed by atoms with Crippen LogP contribution in [0, 0.1) is 0 Å². The summed E-state index contributed by atoms with van der Waals surface area (Å²) in [6.45, 7) is 4.20. The molecular weight excluding hydrogens is 200 g/mol. The van der Waals surface area contributed by atoms with Crippen LogP contribution < -0.4 is 0 Å². The van der Waals surface area contributed by atoms with Gasteiger partial charge in [-0.2, -0.15) is 0 Å². The molecule has 1 rings (SSSR count). The molecule has 0 aliphatic carbocycles. The molecule has 1 unspecified atom stereocenters. The van der Waals surface area contributed by atoms with Crippen molar-refractivity contribution in [3.8, 4) is 0 Å². The van der Waals surface area contributed by atoms with Gasteiger partial charge in [-0.05, 0) is 19.8 Å². The second-order valence-electron chi connectivity index (χ2n) is 3.14. The van der Waals surface area contributed by atoms with E-state index in [1.165, 1.54) is 37.9 Å². The number of unbranched alkanes of at least 4 members (excludes halogenated alkanes) is 2. The molecule has 1 fully saturated rings. The van der Waals surface area contributed by atoms with Crippen LogP contribution in [0.4, 0.5) is 0 Å². The van der Waals surface area contributed by atoms with Crippen molar-refractivity contribution in [3.05, 3.63) is 0 Å². The van der Waals surface area contributed by atoms with Crippen LogP contribution in [0.3, 0.4) is 0 Å². The van der Waals surface area contributed by atoms with E-state index in [1.807, 2.05) is 0 Å². The lowest BCUT2D eigenvalue weighted by Gasteiger charge is -2.04. The van der Waals surface area contributed by atoms with Crippen molar-refractivity contribution in [2.75, 3.05) is 12.4 Å². The maximum absolute atomic E-state index is 7.57. The van der Waals surface area contributed by atoms with Crippen LogP contribution >= 0.6 is 21.6 Å². The third-order valence-electron chi connectivity index (χ3n) is 1.86. The minimum absolute atomic E-state index is 0.250. The molecule has 1 heterocycles. The van der Waals surface area contributed by atoms with Gasteiger partial charge in [0.2, 0.25) is 0 Å². The smallest absolute Gasteiger partial charge is 0.0402 e. The van der Waals surface area contributed by atoms with E-state index in [0.29, 0.717) is 0 Å². The van der Waals surface area contributed by atoms with Crippen molar-refractivity contribution in [3.63, 3.8) is 0 Å². The average Bonchev–Trinajstić information content (AvgIpc) is 2.59. The fourth-order valence-electron chi connectivity index (χ4n) is 1.19. The zero-order chi connectivity index (χ0) is 9.94. The molecule has 1 N–H and O–H groups in total. The van der Waals surface area contributed by atoms with Gasteiger partial charge in [-0.25, -0.2) is 0 Å².